The second-order valence-electron chi connectivity index (χ2n) is 4.91. The molecule has 0 aromatic heterocycles. The Labute approximate surface area is 135 Å². The van der Waals surface area contributed by atoms with Gasteiger partial charge in [-0.3, -0.25) is 9.59 Å². The number of ether oxygens (including phenoxy) is 3. The first-order chi connectivity index (χ1) is 11.0. The van der Waals surface area contributed by atoms with Crippen molar-refractivity contribution in [3.8, 4) is 11.5 Å². The number of amides is 1. The Balaban J connectivity index is 3.06. The second kappa shape index (κ2) is 8.99. The first-order valence-electron chi connectivity index (χ1n) is 7.23. The number of carboxylic acids is 1. The minimum absolute atomic E-state index is 0.249. The first kappa shape index (κ1) is 18.8. The van der Waals surface area contributed by atoms with E-state index < -0.39 is 18.1 Å². The lowest BCUT2D eigenvalue weighted by molar-refractivity contribution is -0.138. The minimum atomic E-state index is -1.02. The molecular formula is C16H23NO6. The summed E-state index contributed by atoms with van der Waals surface area (Å²) in [6.45, 7) is 1.82. The molecule has 0 heterocycles. The van der Waals surface area contributed by atoms with E-state index in [1.807, 2.05) is 6.92 Å². The fourth-order valence-corrected chi connectivity index (χ4v) is 2.22. The van der Waals surface area contributed by atoms with Gasteiger partial charge < -0.3 is 24.6 Å². The number of benzene rings is 1. The van der Waals surface area contributed by atoms with Crippen LogP contribution >= 0.6 is 0 Å². The van der Waals surface area contributed by atoms with Gasteiger partial charge in [0.05, 0.1) is 26.7 Å². The van der Waals surface area contributed by atoms with Crippen LogP contribution in [0.25, 0.3) is 0 Å². The van der Waals surface area contributed by atoms with E-state index in [4.69, 9.17) is 19.3 Å². The zero-order valence-electron chi connectivity index (χ0n) is 13.8. The monoisotopic (exact) mass is 325 g/mol. The standard InChI is InChI=1S/C16H23NO6/c1-5-12(21-2)16(20)17-11(9-15(18)19)10-6-7-13(22-3)14(8-10)23-4/h6-8,11-12H,5,9H2,1-4H3,(H,17,20)(H,18,19). The van der Waals surface area contributed by atoms with E-state index in [9.17, 15) is 9.59 Å². The predicted molar refractivity (Wildman–Crippen MR) is 83.8 cm³/mol. The summed E-state index contributed by atoms with van der Waals surface area (Å²) in [5.74, 6) is -0.375. The van der Waals surface area contributed by atoms with Gasteiger partial charge in [0.15, 0.2) is 11.5 Å². The van der Waals surface area contributed by atoms with Crippen molar-refractivity contribution in [3.05, 3.63) is 23.8 Å². The van der Waals surface area contributed by atoms with Gasteiger partial charge in [0, 0.05) is 7.11 Å². The van der Waals surface area contributed by atoms with Crippen LogP contribution in [0.3, 0.4) is 0 Å². The van der Waals surface area contributed by atoms with E-state index in [0.717, 1.165) is 0 Å². The molecule has 0 aliphatic rings. The molecule has 1 amide bonds. The summed E-state index contributed by atoms with van der Waals surface area (Å²) in [6.07, 6.45) is -0.374. The Morgan fingerprint density at radius 1 is 1.17 bits per heavy atom. The number of hydrogen-bond acceptors (Lipinski definition) is 5. The SMILES string of the molecule is CCC(OC)C(=O)NC(CC(=O)O)c1ccc(OC)c(OC)c1. The smallest absolute Gasteiger partial charge is 0.305 e. The van der Waals surface area contributed by atoms with Crippen molar-refractivity contribution in [1.29, 1.82) is 0 Å². The average molecular weight is 325 g/mol. The third-order valence-corrected chi connectivity index (χ3v) is 3.45. The molecule has 1 rings (SSSR count). The van der Waals surface area contributed by atoms with Crippen LogP contribution < -0.4 is 14.8 Å². The molecular weight excluding hydrogens is 302 g/mol. The Morgan fingerprint density at radius 2 is 1.83 bits per heavy atom. The molecule has 1 aromatic carbocycles. The average Bonchev–Trinajstić information content (AvgIpc) is 2.54. The Hall–Kier alpha value is -2.28. The van der Waals surface area contributed by atoms with E-state index in [2.05, 4.69) is 5.32 Å². The van der Waals surface area contributed by atoms with Gasteiger partial charge in [-0.25, -0.2) is 0 Å². The molecule has 0 bridgehead atoms. The van der Waals surface area contributed by atoms with Crippen LogP contribution in [0.15, 0.2) is 18.2 Å². The molecule has 0 spiro atoms. The maximum absolute atomic E-state index is 12.2. The van der Waals surface area contributed by atoms with Crippen LogP contribution in [0.5, 0.6) is 11.5 Å². The molecule has 0 radical (unpaired) electrons. The highest BCUT2D eigenvalue weighted by molar-refractivity contribution is 5.82. The van der Waals surface area contributed by atoms with Crippen molar-refractivity contribution in [2.45, 2.75) is 31.9 Å². The second-order valence-corrected chi connectivity index (χ2v) is 4.91. The highest BCUT2D eigenvalue weighted by Crippen LogP contribution is 2.31. The Bertz CT molecular complexity index is 541. The molecule has 0 saturated carbocycles. The summed E-state index contributed by atoms with van der Waals surface area (Å²) in [7, 11) is 4.44. The molecule has 23 heavy (non-hydrogen) atoms. The number of nitrogens with one attached hydrogen (secondary N) is 1. The van der Waals surface area contributed by atoms with E-state index >= 15 is 0 Å². The maximum Gasteiger partial charge on any atom is 0.305 e. The molecule has 0 aliphatic carbocycles. The van der Waals surface area contributed by atoms with E-state index in [1.165, 1.54) is 21.3 Å². The van der Waals surface area contributed by atoms with E-state index in [0.29, 0.717) is 23.5 Å². The molecule has 1 aromatic rings. The topological polar surface area (TPSA) is 94.1 Å². The Morgan fingerprint density at radius 3 is 2.30 bits per heavy atom. The van der Waals surface area contributed by atoms with Crippen molar-refractivity contribution < 1.29 is 28.9 Å². The summed E-state index contributed by atoms with van der Waals surface area (Å²) in [6, 6.07) is 4.33. The van der Waals surface area contributed by atoms with Gasteiger partial charge in [0.25, 0.3) is 0 Å². The van der Waals surface area contributed by atoms with Gasteiger partial charge in [-0.15, -0.1) is 0 Å². The first-order valence-corrected chi connectivity index (χ1v) is 7.23. The molecule has 0 saturated heterocycles. The van der Waals surface area contributed by atoms with Crippen molar-refractivity contribution in [1.82, 2.24) is 5.32 Å². The number of rotatable bonds is 9. The maximum atomic E-state index is 12.2. The summed E-state index contributed by atoms with van der Waals surface area (Å²) in [4.78, 5) is 23.3. The van der Waals surface area contributed by atoms with Crippen molar-refractivity contribution in [3.63, 3.8) is 0 Å². The van der Waals surface area contributed by atoms with Gasteiger partial charge in [-0.05, 0) is 24.1 Å². The third-order valence-electron chi connectivity index (χ3n) is 3.45. The summed E-state index contributed by atoms with van der Waals surface area (Å²) in [5.41, 5.74) is 0.615. The normalized spacial score (nSPS) is 13.0. The number of aliphatic carboxylic acids is 1. The van der Waals surface area contributed by atoms with E-state index in [1.54, 1.807) is 18.2 Å². The molecule has 2 N–H and O–H groups in total. The summed E-state index contributed by atoms with van der Waals surface area (Å²) in [5, 5.41) is 11.8. The van der Waals surface area contributed by atoms with Crippen molar-refractivity contribution in [2.24, 2.45) is 0 Å². The molecule has 7 nitrogen and oxygen atoms in total. The molecule has 7 heteroatoms. The Kier molecular flexibility index (Phi) is 7.34. The predicted octanol–water partition coefficient (Wildman–Crippen LogP) is 1.76. The quantitative estimate of drug-likeness (QED) is 0.718. The van der Waals surface area contributed by atoms with Gasteiger partial charge in [0.1, 0.15) is 6.10 Å². The zero-order valence-corrected chi connectivity index (χ0v) is 13.8. The van der Waals surface area contributed by atoms with Gasteiger partial charge in [-0.1, -0.05) is 13.0 Å². The lowest BCUT2D eigenvalue weighted by Gasteiger charge is -2.21. The molecule has 2 unspecified atom stereocenters. The number of carbonyl (C=O) groups excluding carboxylic acids is 1. The van der Waals surface area contributed by atoms with Crippen LogP contribution in [0, 0.1) is 0 Å². The lowest BCUT2D eigenvalue weighted by Crippen LogP contribution is -2.38. The highest BCUT2D eigenvalue weighted by atomic mass is 16.5. The van der Waals surface area contributed by atoms with Gasteiger partial charge in [-0.2, -0.15) is 0 Å². The molecule has 0 aliphatic heterocycles. The summed E-state index contributed by atoms with van der Waals surface area (Å²) < 4.78 is 15.5. The van der Waals surface area contributed by atoms with Crippen molar-refractivity contribution >= 4 is 11.9 Å². The van der Waals surface area contributed by atoms with Crippen LogP contribution in [0.2, 0.25) is 0 Å². The summed E-state index contributed by atoms with van der Waals surface area (Å²) >= 11 is 0. The van der Waals surface area contributed by atoms with Gasteiger partial charge in [0.2, 0.25) is 5.91 Å². The fraction of sp³-hybridized carbons (Fsp3) is 0.500. The van der Waals surface area contributed by atoms with E-state index in [-0.39, 0.29) is 12.3 Å². The molecule has 128 valence electrons. The van der Waals surface area contributed by atoms with Gasteiger partial charge >= 0.3 is 5.97 Å². The zero-order chi connectivity index (χ0) is 17.4. The highest BCUT2D eigenvalue weighted by Gasteiger charge is 2.23. The van der Waals surface area contributed by atoms with Crippen LogP contribution in [0.1, 0.15) is 31.4 Å². The lowest BCUT2D eigenvalue weighted by atomic mass is 10.0. The van der Waals surface area contributed by atoms with Crippen LogP contribution in [-0.2, 0) is 14.3 Å². The number of hydrogen-bond donors (Lipinski definition) is 2. The third kappa shape index (κ3) is 5.14. The molecule has 2 atom stereocenters. The number of carbonyl (C=O) groups is 2. The fourth-order valence-electron chi connectivity index (χ4n) is 2.22. The number of methoxy groups -OCH3 is 3. The van der Waals surface area contributed by atoms with Crippen molar-refractivity contribution in [2.75, 3.05) is 21.3 Å². The molecule has 0 fully saturated rings. The van der Waals surface area contributed by atoms with Crippen LogP contribution in [0.4, 0.5) is 0 Å². The largest absolute Gasteiger partial charge is 0.493 e. The van der Waals surface area contributed by atoms with Crippen LogP contribution in [-0.4, -0.2) is 44.4 Å². The minimum Gasteiger partial charge on any atom is -0.493 e. The number of carboxylic acid groups (broad SMARTS) is 1.